The van der Waals surface area contributed by atoms with E-state index in [2.05, 4.69) is 33.4 Å². The third-order valence-corrected chi connectivity index (χ3v) is 4.84. The maximum absolute atomic E-state index is 12.1. The highest BCUT2D eigenvalue weighted by Crippen LogP contribution is 2.21. The van der Waals surface area contributed by atoms with Crippen molar-refractivity contribution in [3.05, 3.63) is 63.2 Å². The van der Waals surface area contributed by atoms with Gasteiger partial charge < -0.3 is 9.47 Å². The predicted octanol–water partition coefficient (Wildman–Crippen LogP) is 3.02. The summed E-state index contributed by atoms with van der Waals surface area (Å²) in [6, 6.07) is 14.8. The van der Waals surface area contributed by atoms with Gasteiger partial charge in [0.1, 0.15) is 5.75 Å². The van der Waals surface area contributed by atoms with E-state index in [1.165, 1.54) is 5.56 Å². The van der Waals surface area contributed by atoms with Crippen LogP contribution < -0.4 is 15.6 Å². The van der Waals surface area contributed by atoms with Crippen LogP contribution in [0.3, 0.4) is 0 Å². The van der Waals surface area contributed by atoms with Gasteiger partial charge in [-0.3, -0.25) is 25.2 Å². The molecule has 8 heteroatoms. The van der Waals surface area contributed by atoms with Gasteiger partial charge in [-0.2, -0.15) is 0 Å². The molecule has 0 atom stereocenters. The Bertz CT molecular complexity index is 842. The highest BCUT2D eigenvalue weighted by Gasteiger charge is 2.12. The standard InChI is InChI=1S/C21H23IN2O5/c1-28-18-10-9-16(14-17(18)22)21(27)24-23-19(25)11-12-20(26)29-13-5-8-15-6-3-2-4-7-15/h2-4,6-7,9-10,14H,5,8,11-13H2,1H3,(H,23,25)(H,24,27). The van der Waals surface area contributed by atoms with Crippen LogP contribution in [-0.4, -0.2) is 31.5 Å². The number of nitrogens with one attached hydrogen (secondary N) is 2. The van der Waals surface area contributed by atoms with Gasteiger partial charge >= 0.3 is 5.97 Å². The Balaban J connectivity index is 1.61. The molecule has 0 aliphatic rings. The molecule has 0 aromatic heterocycles. The number of ether oxygens (including phenoxy) is 2. The number of benzene rings is 2. The van der Waals surface area contributed by atoms with Gasteiger partial charge in [0.05, 0.1) is 23.7 Å². The number of hydrogen-bond donors (Lipinski definition) is 2. The summed E-state index contributed by atoms with van der Waals surface area (Å²) in [5, 5.41) is 0. The van der Waals surface area contributed by atoms with Crippen molar-refractivity contribution in [3.63, 3.8) is 0 Å². The lowest BCUT2D eigenvalue weighted by atomic mass is 10.1. The van der Waals surface area contributed by atoms with Crippen LogP contribution in [0.15, 0.2) is 48.5 Å². The topological polar surface area (TPSA) is 93.7 Å². The molecule has 0 aliphatic heterocycles. The van der Waals surface area contributed by atoms with E-state index >= 15 is 0 Å². The van der Waals surface area contributed by atoms with E-state index in [0.29, 0.717) is 17.9 Å². The zero-order valence-electron chi connectivity index (χ0n) is 16.1. The summed E-state index contributed by atoms with van der Waals surface area (Å²) < 4.78 is 11.0. The van der Waals surface area contributed by atoms with Crippen molar-refractivity contribution in [2.24, 2.45) is 0 Å². The van der Waals surface area contributed by atoms with Crippen LogP contribution in [0.25, 0.3) is 0 Å². The molecule has 0 heterocycles. The van der Waals surface area contributed by atoms with Crippen LogP contribution in [0.5, 0.6) is 5.75 Å². The number of halogens is 1. The fourth-order valence-electron chi connectivity index (χ4n) is 2.46. The van der Waals surface area contributed by atoms with Crippen LogP contribution in [0.2, 0.25) is 0 Å². The number of aryl methyl sites for hydroxylation is 1. The van der Waals surface area contributed by atoms with Gasteiger partial charge in [0, 0.05) is 12.0 Å². The van der Waals surface area contributed by atoms with E-state index < -0.39 is 17.8 Å². The summed E-state index contributed by atoms with van der Waals surface area (Å²) in [6.45, 7) is 0.308. The van der Waals surface area contributed by atoms with E-state index in [-0.39, 0.29) is 12.8 Å². The van der Waals surface area contributed by atoms with Crippen LogP contribution in [0, 0.1) is 3.57 Å². The van der Waals surface area contributed by atoms with Crippen molar-refractivity contribution < 1.29 is 23.9 Å². The molecule has 2 aromatic rings. The van der Waals surface area contributed by atoms with E-state index in [4.69, 9.17) is 9.47 Å². The van der Waals surface area contributed by atoms with Crippen LogP contribution >= 0.6 is 22.6 Å². The number of methoxy groups -OCH3 is 1. The first-order valence-electron chi connectivity index (χ1n) is 9.12. The quantitative estimate of drug-likeness (QED) is 0.234. The predicted molar refractivity (Wildman–Crippen MR) is 116 cm³/mol. The van der Waals surface area contributed by atoms with Gasteiger partial charge in [0.15, 0.2) is 0 Å². The minimum absolute atomic E-state index is 0.0481. The SMILES string of the molecule is COc1ccc(C(=O)NNC(=O)CCC(=O)OCCCc2ccccc2)cc1I. The normalized spacial score (nSPS) is 10.1. The van der Waals surface area contributed by atoms with E-state index in [1.54, 1.807) is 25.3 Å². The number of rotatable bonds is 9. The highest BCUT2D eigenvalue weighted by molar-refractivity contribution is 14.1. The van der Waals surface area contributed by atoms with Crippen molar-refractivity contribution >= 4 is 40.4 Å². The fourth-order valence-corrected chi connectivity index (χ4v) is 3.20. The third kappa shape index (κ3) is 8.10. The van der Waals surface area contributed by atoms with Crippen LogP contribution in [0.4, 0.5) is 0 Å². The Morgan fingerprint density at radius 2 is 1.76 bits per heavy atom. The van der Waals surface area contributed by atoms with E-state index in [9.17, 15) is 14.4 Å². The number of carbonyl (C=O) groups is 3. The smallest absolute Gasteiger partial charge is 0.306 e. The summed E-state index contributed by atoms with van der Waals surface area (Å²) in [6.07, 6.45) is 1.43. The molecule has 0 saturated heterocycles. The van der Waals surface area contributed by atoms with E-state index in [1.807, 2.05) is 30.3 Å². The first kappa shape index (κ1) is 22.7. The largest absolute Gasteiger partial charge is 0.496 e. The van der Waals surface area contributed by atoms with Crippen molar-refractivity contribution in [2.75, 3.05) is 13.7 Å². The second-order valence-corrected chi connectivity index (χ2v) is 7.32. The monoisotopic (exact) mass is 510 g/mol. The molecule has 2 amide bonds. The number of esters is 1. The van der Waals surface area contributed by atoms with Crippen molar-refractivity contribution in [3.8, 4) is 5.75 Å². The van der Waals surface area contributed by atoms with Crippen molar-refractivity contribution in [2.45, 2.75) is 25.7 Å². The number of carbonyl (C=O) groups excluding carboxylic acids is 3. The Hall–Kier alpha value is -2.62. The molecule has 0 spiro atoms. The molecule has 2 N–H and O–H groups in total. The molecule has 0 saturated carbocycles. The summed E-state index contributed by atoms with van der Waals surface area (Å²) in [4.78, 5) is 35.6. The molecule has 0 unspecified atom stereocenters. The maximum atomic E-state index is 12.1. The van der Waals surface area contributed by atoms with Gasteiger partial charge in [0.25, 0.3) is 5.91 Å². The molecular formula is C21H23IN2O5. The zero-order valence-corrected chi connectivity index (χ0v) is 18.2. The summed E-state index contributed by atoms with van der Waals surface area (Å²) in [5.74, 6) is -0.706. The molecule has 0 bridgehead atoms. The highest BCUT2D eigenvalue weighted by atomic mass is 127. The first-order valence-corrected chi connectivity index (χ1v) is 10.2. The number of amides is 2. The second kappa shape index (κ2) is 12.1. The molecule has 7 nitrogen and oxygen atoms in total. The number of hydrogen-bond acceptors (Lipinski definition) is 5. The number of hydrazine groups is 1. The molecule has 2 aromatic carbocycles. The Morgan fingerprint density at radius 3 is 2.45 bits per heavy atom. The average Bonchev–Trinajstić information content (AvgIpc) is 2.74. The second-order valence-electron chi connectivity index (χ2n) is 6.16. The summed E-state index contributed by atoms with van der Waals surface area (Å²) in [5.41, 5.74) is 6.18. The Morgan fingerprint density at radius 1 is 1.00 bits per heavy atom. The van der Waals surface area contributed by atoms with Gasteiger partial charge in [-0.05, 0) is 59.2 Å². The first-order chi connectivity index (χ1) is 14.0. The molecule has 0 fully saturated rings. The van der Waals surface area contributed by atoms with Gasteiger partial charge in [-0.25, -0.2) is 0 Å². The molecule has 0 radical (unpaired) electrons. The zero-order chi connectivity index (χ0) is 21.1. The lowest BCUT2D eigenvalue weighted by Gasteiger charge is -2.09. The minimum Gasteiger partial charge on any atom is -0.496 e. The van der Waals surface area contributed by atoms with Crippen molar-refractivity contribution in [1.82, 2.24) is 10.9 Å². The minimum atomic E-state index is -0.470. The van der Waals surface area contributed by atoms with Crippen molar-refractivity contribution in [1.29, 1.82) is 0 Å². The molecule has 154 valence electrons. The molecule has 29 heavy (non-hydrogen) atoms. The summed E-state index contributed by atoms with van der Waals surface area (Å²) >= 11 is 2.05. The molecular weight excluding hydrogens is 487 g/mol. The lowest BCUT2D eigenvalue weighted by molar-refractivity contribution is -0.145. The summed E-state index contributed by atoms with van der Waals surface area (Å²) in [7, 11) is 1.55. The van der Waals surface area contributed by atoms with Gasteiger partial charge in [-0.1, -0.05) is 30.3 Å². The average molecular weight is 510 g/mol. The Kier molecular flexibility index (Phi) is 9.42. The Labute approximate surface area is 183 Å². The third-order valence-electron chi connectivity index (χ3n) is 4.00. The van der Waals surface area contributed by atoms with Crippen LogP contribution in [-0.2, 0) is 20.7 Å². The molecule has 0 aliphatic carbocycles. The lowest BCUT2D eigenvalue weighted by Crippen LogP contribution is -2.41. The van der Waals surface area contributed by atoms with Crippen LogP contribution in [0.1, 0.15) is 35.2 Å². The van der Waals surface area contributed by atoms with Gasteiger partial charge in [-0.15, -0.1) is 0 Å². The fraction of sp³-hybridized carbons (Fsp3) is 0.286. The molecule has 2 rings (SSSR count). The van der Waals surface area contributed by atoms with E-state index in [0.717, 1.165) is 16.4 Å². The maximum Gasteiger partial charge on any atom is 0.306 e. The van der Waals surface area contributed by atoms with Gasteiger partial charge in [0.2, 0.25) is 5.91 Å².